The molecule has 1 heterocycles. The zero-order valence-corrected chi connectivity index (χ0v) is 16.9. The third kappa shape index (κ3) is 7.94. The fraction of sp³-hybridized carbons (Fsp3) is 0.435. The molecule has 1 aromatic carbocycles. The molecule has 0 radical (unpaired) electrons. The highest BCUT2D eigenvalue weighted by atomic mass is 16.5. The first-order valence-corrected chi connectivity index (χ1v) is 9.62. The molecule has 0 aliphatic rings. The Morgan fingerprint density at radius 1 is 1.07 bits per heavy atom. The number of anilines is 1. The molecule has 0 amide bonds. The van der Waals surface area contributed by atoms with E-state index < -0.39 is 0 Å². The standard InChI is InChI=1S/C23H32N2O2/c1-18(2)15-23(26)17-27-14-13-25(4)22-11-9-20(10-12-22)7-8-21-6-5-19(3)24-16-21/h5-12,16,18,23,26H,13-15,17H2,1-4H3. The summed E-state index contributed by atoms with van der Waals surface area (Å²) in [4.78, 5) is 6.46. The molecule has 146 valence electrons. The lowest BCUT2D eigenvalue weighted by molar-refractivity contribution is 0.0293. The maximum Gasteiger partial charge on any atom is 0.0776 e. The molecule has 0 spiro atoms. The maximum atomic E-state index is 9.83. The highest BCUT2D eigenvalue weighted by Crippen LogP contribution is 2.16. The Labute approximate surface area is 163 Å². The van der Waals surface area contributed by atoms with Gasteiger partial charge in [-0.1, -0.05) is 44.2 Å². The minimum atomic E-state index is -0.370. The van der Waals surface area contributed by atoms with Crippen molar-refractivity contribution in [3.63, 3.8) is 0 Å². The number of likely N-dealkylation sites (N-methyl/N-ethyl adjacent to an activating group) is 1. The number of aryl methyl sites for hydroxylation is 1. The first-order valence-electron chi connectivity index (χ1n) is 9.62. The van der Waals surface area contributed by atoms with Crippen LogP contribution in [0.2, 0.25) is 0 Å². The number of benzene rings is 1. The second-order valence-electron chi connectivity index (χ2n) is 7.44. The number of ether oxygens (including phenoxy) is 1. The van der Waals surface area contributed by atoms with Crippen molar-refractivity contribution in [2.24, 2.45) is 5.92 Å². The lowest BCUT2D eigenvalue weighted by Crippen LogP contribution is -2.25. The Balaban J connectivity index is 1.77. The summed E-state index contributed by atoms with van der Waals surface area (Å²) in [7, 11) is 2.05. The fourth-order valence-corrected chi connectivity index (χ4v) is 2.77. The molecule has 0 saturated carbocycles. The van der Waals surface area contributed by atoms with Gasteiger partial charge in [-0.3, -0.25) is 4.98 Å². The Kier molecular flexibility index (Phi) is 8.49. The van der Waals surface area contributed by atoms with Gasteiger partial charge in [0.1, 0.15) is 0 Å². The van der Waals surface area contributed by atoms with E-state index >= 15 is 0 Å². The topological polar surface area (TPSA) is 45.6 Å². The summed E-state index contributed by atoms with van der Waals surface area (Å²) in [6.07, 6.45) is 6.46. The SMILES string of the molecule is Cc1ccc(C=Cc2ccc(N(C)CCOCC(O)CC(C)C)cc2)cn1. The van der Waals surface area contributed by atoms with Crippen LogP contribution in [0.25, 0.3) is 12.2 Å². The van der Waals surface area contributed by atoms with E-state index in [2.05, 4.69) is 73.3 Å². The molecular weight excluding hydrogens is 336 g/mol. The van der Waals surface area contributed by atoms with Crippen molar-refractivity contribution in [1.82, 2.24) is 4.98 Å². The summed E-state index contributed by atoms with van der Waals surface area (Å²) in [5.74, 6) is 0.487. The maximum absolute atomic E-state index is 9.83. The number of rotatable bonds is 10. The summed E-state index contributed by atoms with van der Waals surface area (Å²) in [6, 6.07) is 12.5. The van der Waals surface area contributed by atoms with Gasteiger partial charge in [0.05, 0.1) is 19.3 Å². The van der Waals surface area contributed by atoms with Gasteiger partial charge >= 0.3 is 0 Å². The quantitative estimate of drug-likeness (QED) is 0.631. The second kappa shape index (κ2) is 10.9. The van der Waals surface area contributed by atoms with Gasteiger partial charge in [-0.25, -0.2) is 0 Å². The Morgan fingerprint density at radius 3 is 2.37 bits per heavy atom. The normalized spacial score (nSPS) is 12.7. The predicted octanol–water partition coefficient (Wildman–Crippen LogP) is 4.42. The predicted molar refractivity (Wildman–Crippen MR) is 114 cm³/mol. The molecular formula is C23H32N2O2. The van der Waals surface area contributed by atoms with E-state index in [1.54, 1.807) is 0 Å². The Hall–Kier alpha value is -2.17. The molecule has 1 unspecified atom stereocenters. The van der Waals surface area contributed by atoms with Crippen LogP contribution in [-0.4, -0.2) is 43.0 Å². The van der Waals surface area contributed by atoms with Crippen molar-refractivity contribution < 1.29 is 9.84 Å². The van der Waals surface area contributed by atoms with Crippen molar-refractivity contribution in [2.75, 3.05) is 31.7 Å². The molecule has 0 aliphatic carbocycles. The Bertz CT molecular complexity index is 693. The van der Waals surface area contributed by atoms with E-state index in [-0.39, 0.29) is 6.10 Å². The first kappa shape index (κ1) is 21.1. The summed E-state index contributed by atoms with van der Waals surface area (Å²) >= 11 is 0. The highest BCUT2D eigenvalue weighted by Gasteiger charge is 2.07. The van der Waals surface area contributed by atoms with E-state index in [9.17, 15) is 5.11 Å². The molecule has 0 aliphatic heterocycles. The summed E-state index contributed by atoms with van der Waals surface area (Å²) < 4.78 is 5.60. The van der Waals surface area contributed by atoms with Gasteiger partial charge in [-0.05, 0) is 48.6 Å². The molecule has 1 atom stereocenters. The summed E-state index contributed by atoms with van der Waals surface area (Å²) in [6.45, 7) is 8.00. The third-order valence-corrected chi connectivity index (χ3v) is 4.36. The number of aromatic nitrogens is 1. The zero-order chi connectivity index (χ0) is 19.6. The van der Waals surface area contributed by atoms with Crippen LogP contribution in [0.5, 0.6) is 0 Å². The summed E-state index contributed by atoms with van der Waals surface area (Å²) in [5, 5.41) is 9.83. The molecule has 0 bridgehead atoms. The minimum absolute atomic E-state index is 0.370. The molecule has 4 nitrogen and oxygen atoms in total. The van der Waals surface area contributed by atoms with Crippen LogP contribution in [0, 0.1) is 12.8 Å². The highest BCUT2D eigenvalue weighted by molar-refractivity contribution is 5.70. The van der Waals surface area contributed by atoms with Crippen LogP contribution < -0.4 is 4.90 Å². The van der Waals surface area contributed by atoms with Gasteiger partial charge in [0.25, 0.3) is 0 Å². The number of aliphatic hydroxyl groups excluding tert-OH is 1. The van der Waals surface area contributed by atoms with Crippen molar-refractivity contribution in [3.05, 3.63) is 59.4 Å². The molecule has 0 fully saturated rings. The molecule has 1 aromatic heterocycles. The van der Waals surface area contributed by atoms with Gasteiger partial charge < -0.3 is 14.7 Å². The van der Waals surface area contributed by atoms with Crippen LogP contribution in [0.4, 0.5) is 5.69 Å². The average Bonchev–Trinajstić information content (AvgIpc) is 2.64. The zero-order valence-electron chi connectivity index (χ0n) is 16.9. The molecule has 27 heavy (non-hydrogen) atoms. The number of hydrogen-bond donors (Lipinski definition) is 1. The van der Waals surface area contributed by atoms with E-state index in [1.807, 2.05) is 19.2 Å². The van der Waals surface area contributed by atoms with Gasteiger partial charge in [-0.2, -0.15) is 0 Å². The molecule has 4 heteroatoms. The van der Waals surface area contributed by atoms with E-state index in [1.165, 1.54) is 0 Å². The minimum Gasteiger partial charge on any atom is -0.391 e. The third-order valence-electron chi connectivity index (χ3n) is 4.36. The lowest BCUT2D eigenvalue weighted by Gasteiger charge is -2.20. The number of aliphatic hydroxyl groups is 1. The van der Waals surface area contributed by atoms with Crippen LogP contribution in [-0.2, 0) is 4.74 Å². The summed E-state index contributed by atoms with van der Waals surface area (Å²) in [5.41, 5.74) is 4.42. The Morgan fingerprint density at radius 2 is 1.74 bits per heavy atom. The van der Waals surface area contributed by atoms with Crippen LogP contribution >= 0.6 is 0 Å². The van der Waals surface area contributed by atoms with Crippen molar-refractivity contribution in [2.45, 2.75) is 33.3 Å². The van der Waals surface area contributed by atoms with Gasteiger partial charge in [0.15, 0.2) is 0 Å². The van der Waals surface area contributed by atoms with Crippen LogP contribution in [0.3, 0.4) is 0 Å². The molecule has 0 saturated heterocycles. The van der Waals surface area contributed by atoms with Crippen molar-refractivity contribution >= 4 is 17.8 Å². The number of hydrogen-bond acceptors (Lipinski definition) is 4. The van der Waals surface area contributed by atoms with Crippen LogP contribution in [0.1, 0.15) is 37.1 Å². The first-order chi connectivity index (χ1) is 12.9. The van der Waals surface area contributed by atoms with Gasteiger partial charge in [-0.15, -0.1) is 0 Å². The second-order valence-corrected chi connectivity index (χ2v) is 7.44. The van der Waals surface area contributed by atoms with Crippen molar-refractivity contribution in [1.29, 1.82) is 0 Å². The fourth-order valence-electron chi connectivity index (χ4n) is 2.77. The van der Waals surface area contributed by atoms with Crippen molar-refractivity contribution in [3.8, 4) is 0 Å². The van der Waals surface area contributed by atoms with E-state index in [0.29, 0.717) is 19.1 Å². The lowest BCUT2D eigenvalue weighted by atomic mass is 10.1. The molecule has 1 N–H and O–H groups in total. The van der Waals surface area contributed by atoms with Gasteiger partial charge in [0, 0.05) is 31.2 Å². The van der Waals surface area contributed by atoms with Crippen LogP contribution in [0.15, 0.2) is 42.6 Å². The number of pyridine rings is 1. The molecule has 2 rings (SSSR count). The van der Waals surface area contributed by atoms with Gasteiger partial charge in [0.2, 0.25) is 0 Å². The largest absolute Gasteiger partial charge is 0.391 e. The monoisotopic (exact) mass is 368 g/mol. The molecule has 2 aromatic rings. The van der Waals surface area contributed by atoms with E-state index in [0.717, 1.165) is 35.5 Å². The average molecular weight is 369 g/mol. The number of nitrogens with zero attached hydrogens (tertiary/aromatic N) is 2. The smallest absolute Gasteiger partial charge is 0.0776 e. The van der Waals surface area contributed by atoms with E-state index in [4.69, 9.17) is 4.74 Å².